The first-order chi connectivity index (χ1) is 8.42. The highest BCUT2D eigenvalue weighted by atomic mass is 16.1. The molecule has 0 saturated carbocycles. The lowest BCUT2D eigenvalue weighted by Crippen LogP contribution is -2.42. The van der Waals surface area contributed by atoms with Gasteiger partial charge in [-0.15, -0.1) is 0 Å². The number of primary amides is 1. The summed E-state index contributed by atoms with van der Waals surface area (Å²) in [6, 6.07) is 0.293. The molecule has 1 unspecified atom stereocenters. The highest BCUT2D eigenvalue weighted by Gasteiger charge is 2.28. The zero-order valence-electron chi connectivity index (χ0n) is 11.4. The zero-order valence-corrected chi connectivity index (χ0v) is 11.4. The van der Waals surface area contributed by atoms with Gasteiger partial charge in [-0.05, 0) is 33.1 Å². The van der Waals surface area contributed by atoms with Crippen molar-refractivity contribution in [2.45, 2.75) is 39.2 Å². The van der Waals surface area contributed by atoms with E-state index in [4.69, 9.17) is 5.73 Å². The van der Waals surface area contributed by atoms with Crippen molar-refractivity contribution in [3.05, 3.63) is 17.5 Å². The number of fused-ring (bicyclic) bond motifs is 1. The van der Waals surface area contributed by atoms with Crippen LogP contribution in [0.2, 0.25) is 0 Å². The summed E-state index contributed by atoms with van der Waals surface area (Å²) in [5.41, 5.74) is 7.44. The van der Waals surface area contributed by atoms with Crippen LogP contribution in [-0.4, -0.2) is 22.2 Å². The summed E-state index contributed by atoms with van der Waals surface area (Å²) in [6.07, 6.45) is 5.27. The molecule has 1 aliphatic rings. The third kappa shape index (κ3) is 2.41. The van der Waals surface area contributed by atoms with Gasteiger partial charge in [-0.2, -0.15) is 5.10 Å². The Hall–Kier alpha value is -1.36. The molecule has 1 aliphatic carbocycles. The lowest BCUT2D eigenvalue weighted by molar-refractivity contribution is -0.125. The fourth-order valence-electron chi connectivity index (χ4n) is 2.38. The van der Waals surface area contributed by atoms with Crippen molar-refractivity contribution >= 4 is 5.91 Å². The van der Waals surface area contributed by atoms with Gasteiger partial charge in [0.05, 0.1) is 11.6 Å². The minimum atomic E-state index is -0.514. The van der Waals surface area contributed by atoms with Crippen LogP contribution in [0.4, 0.5) is 0 Å². The molecule has 100 valence electrons. The van der Waals surface area contributed by atoms with Crippen LogP contribution in [0.3, 0.4) is 0 Å². The Labute approximate surface area is 108 Å². The maximum Gasteiger partial charge on any atom is 0.224 e. The average Bonchev–Trinajstić information content (AvgIpc) is 2.69. The molecule has 0 spiro atoms. The van der Waals surface area contributed by atoms with Gasteiger partial charge in [-0.3, -0.25) is 9.48 Å². The maximum atomic E-state index is 11.3. The maximum absolute atomic E-state index is 11.3. The Morgan fingerprint density at radius 1 is 1.67 bits per heavy atom. The first-order valence-electron chi connectivity index (χ1n) is 6.46. The third-order valence-electron chi connectivity index (χ3n) is 3.83. The SMILES string of the molecule is Cn1ncc2c1CCCC2NCC(C)(C)C(N)=O. The quantitative estimate of drug-likeness (QED) is 0.834. The topological polar surface area (TPSA) is 72.9 Å². The highest BCUT2D eigenvalue weighted by Crippen LogP contribution is 2.29. The van der Waals surface area contributed by atoms with E-state index in [1.54, 1.807) is 0 Å². The predicted octanol–water partition coefficient (Wildman–Crippen LogP) is 0.899. The third-order valence-corrected chi connectivity index (χ3v) is 3.83. The molecular weight excluding hydrogens is 228 g/mol. The first-order valence-corrected chi connectivity index (χ1v) is 6.46. The zero-order chi connectivity index (χ0) is 13.3. The Bertz CT molecular complexity index is 450. The molecule has 0 aromatic carbocycles. The van der Waals surface area contributed by atoms with E-state index in [1.807, 2.05) is 31.8 Å². The van der Waals surface area contributed by atoms with E-state index in [1.165, 1.54) is 11.3 Å². The van der Waals surface area contributed by atoms with Gasteiger partial charge in [0.2, 0.25) is 5.91 Å². The number of carbonyl (C=O) groups is 1. The van der Waals surface area contributed by atoms with Crippen LogP contribution in [0.1, 0.15) is 44.0 Å². The number of aromatic nitrogens is 2. The summed E-state index contributed by atoms with van der Waals surface area (Å²) in [6.45, 7) is 4.34. The van der Waals surface area contributed by atoms with Gasteiger partial charge in [0.1, 0.15) is 0 Å². The molecule has 1 atom stereocenters. The average molecular weight is 250 g/mol. The number of nitrogens with two attached hydrogens (primary N) is 1. The van der Waals surface area contributed by atoms with Crippen LogP contribution in [-0.2, 0) is 18.3 Å². The molecule has 18 heavy (non-hydrogen) atoms. The molecule has 1 aromatic rings. The molecular formula is C13H22N4O. The Balaban J connectivity index is 2.06. The monoisotopic (exact) mass is 250 g/mol. The summed E-state index contributed by atoms with van der Waals surface area (Å²) in [7, 11) is 1.98. The van der Waals surface area contributed by atoms with Crippen molar-refractivity contribution in [1.82, 2.24) is 15.1 Å². The van der Waals surface area contributed by atoms with Crippen molar-refractivity contribution in [3.63, 3.8) is 0 Å². The van der Waals surface area contributed by atoms with Crippen molar-refractivity contribution in [2.24, 2.45) is 18.2 Å². The predicted molar refractivity (Wildman–Crippen MR) is 69.9 cm³/mol. The van der Waals surface area contributed by atoms with Gasteiger partial charge in [-0.1, -0.05) is 0 Å². The second-order valence-electron chi connectivity index (χ2n) is 5.74. The Morgan fingerprint density at radius 3 is 3.06 bits per heavy atom. The van der Waals surface area contributed by atoms with Gasteiger partial charge >= 0.3 is 0 Å². The number of amides is 1. The second-order valence-corrected chi connectivity index (χ2v) is 5.74. The molecule has 0 radical (unpaired) electrons. The summed E-state index contributed by atoms with van der Waals surface area (Å²) in [4.78, 5) is 11.3. The van der Waals surface area contributed by atoms with Crippen molar-refractivity contribution in [1.29, 1.82) is 0 Å². The van der Waals surface area contributed by atoms with Crippen LogP contribution in [0.15, 0.2) is 6.20 Å². The van der Waals surface area contributed by atoms with Crippen LogP contribution < -0.4 is 11.1 Å². The number of nitrogens with zero attached hydrogens (tertiary/aromatic N) is 2. The van der Waals surface area contributed by atoms with E-state index in [2.05, 4.69) is 10.4 Å². The molecule has 0 fully saturated rings. The van der Waals surface area contributed by atoms with Crippen LogP contribution in [0.5, 0.6) is 0 Å². The van der Waals surface area contributed by atoms with E-state index in [0.29, 0.717) is 12.6 Å². The number of aryl methyl sites for hydroxylation is 1. The highest BCUT2D eigenvalue weighted by molar-refractivity contribution is 5.80. The lowest BCUT2D eigenvalue weighted by Gasteiger charge is -2.28. The van der Waals surface area contributed by atoms with Crippen molar-refractivity contribution < 1.29 is 4.79 Å². The molecule has 5 nitrogen and oxygen atoms in total. The minimum Gasteiger partial charge on any atom is -0.369 e. The number of hydrogen-bond donors (Lipinski definition) is 2. The smallest absolute Gasteiger partial charge is 0.224 e. The summed E-state index contributed by atoms with van der Waals surface area (Å²) >= 11 is 0. The molecule has 0 aliphatic heterocycles. The van der Waals surface area contributed by atoms with Crippen LogP contribution in [0.25, 0.3) is 0 Å². The lowest BCUT2D eigenvalue weighted by atomic mass is 9.89. The Morgan fingerprint density at radius 2 is 2.39 bits per heavy atom. The standard InChI is InChI=1S/C13H22N4O/c1-13(2,12(14)18)8-15-10-5-4-6-11-9(10)7-16-17(11)3/h7,10,15H,4-6,8H2,1-3H3,(H2,14,18). The molecule has 3 N–H and O–H groups in total. The van der Waals surface area contributed by atoms with Gasteiger partial charge in [0.25, 0.3) is 0 Å². The molecule has 0 saturated heterocycles. The van der Waals surface area contributed by atoms with Crippen LogP contribution in [0, 0.1) is 5.41 Å². The molecule has 2 rings (SSSR count). The van der Waals surface area contributed by atoms with E-state index in [0.717, 1.165) is 19.3 Å². The van der Waals surface area contributed by atoms with E-state index in [-0.39, 0.29) is 5.91 Å². The molecule has 5 heteroatoms. The van der Waals surface area contributed by atoms with Crippen molar-refractivity contribution in [2.75, 3.05) is 6.54 Å². The fraction of sp³-hybridized carbons (Fsp3) is 0.692. The molecule has 1 aromatic heterocycles. The summed E-state index contributed by atoms with van der Waals surface area (Å²) < 4.78 is 1.95. The van der Waals surface area contributed by atoms with E-state index in [9.17, 15) is 4.79 Å². The van der Waals surface area contributed by atoms with E-state index < -0.39 is 5.41 Å². The van der Waals surface area contributed by atoms with Gasteiger partial charge in [0.15, 0.2) is 0 Å². The summed E-state index contributed by atoms with van der Waals surface area (Å²) in [5.74, 6) is -0.266. The molecule has 0 bridgehead atoms. The first kappa shape index (κ1) is 13.1. The van der Waals surface area contributed by atoms with Crippen molar-refractivity contribution in [3.8, 4) is 0 Å². The Kier molecular flexibility index (Phi) is 3.43. The molecule has 1 amide bonds. The minimum absolute atomic E-state index is 0.266. The normalized spacial score (nSPS) is 19.6. The van der Waals surface area contributed by atoms with E-state index >= 15 is 0 Å². The summed E-state index contributed by atoms with van der Waals surface area (Å²) in [5, 5.41) is 7.77. The fourth-order valence-corrected chi connectivity index (χ4v) is 2.38. The number of nitrogens with one attached hydrogen (secondary N) is 1. The second kappa shape index (κ2) is 4.72. The number of hydrogen-bond acceptors (Lipinski definition) is 3. The van der Waals surface area contributed by atoms with Gasteiger partial charge in [0, 0.05) is 30.9 Å². The van der Waals surface area contributed by atoms with Gasteiger partial charge < -0.3 is 11.1 Å². The van der Waals surface area contributed by atoms with Gasteiger partial charge in [-0.25, -0.2) is 0 Å². The number of rotatable bonds is 4. The number of carbonyl (C=O) groups excluding carboxylic acids is 1. The molecule has 1 heterocycles. The largest absolute Gasteiger partial charge is 0.369 e. The van der Waals surface area contributed by atoms with Crippen LogP contribution >= 0.6 is 0 Å².